The molecule has 0 radical (unpaired) electrons. The van der Waals surface area contributed by atoms with Gasteiger partial charge in [-0.15, -0.1) is 11.8 Å². The van der Waals surface area contributed by atoms with E-state index in [2.05, 4.69) is 5.32 Å². The van der Waals surface area contributed by atoms with E-state index in [0.29, 0.717) is 5.75 Å². The van der Waals surface area contributed by atoms with Crippen molar-refractivity contribution in [2.24, 2.45) is 0 Å². The lowest BCUT2D eigenvalue weighted by Crippen LogP contribution is -2.48. The minimum atomic E-state index is -0.700. The lowest BCUT2D eigenvalue weighted by Gasteiger charge is -2.30. The van der Waals surface area contributed by atoms with Crippen molar-refractivity contribution >= 4 is 23.6 Å². The first-order chi connectivity index (χ1) is 15.1. The van der Waals surface area contributed by atoms with Crippen molar-refractivity contribution in [1.82, 2.24) is 10.2 Å². The molecule has 1 aliphatic rings. The number of rotatable bonds is 5. The molecule has 1 N–H and O–H groups in total. The summed E-state index contributed by atoms with van der Waals surface area (Å²) < 4.78 is 14.4. The summed E-state index contributed by atoms with van der Waals surface area (Å²) in [5.74, 6) is -0.878. The second kappa shape index (κ2) is 9.35. The first kappa shape index (κ1) is 21.1. The first-order valence-electron chi connectivity index (χ1n) is 10.2. The molecule has 1 aliphatic heterocycles. The van der Waals surface area contributed by atoms with Crippen LogP contribution >= 0.6 is 11.8 Å². The standard InChI is InChI=1S/C25H23FN2O2S/c1-17(18-10-4-2-5-11-18)27-23(29)22-16-31-25(19-12-6-3-7-13-19)28(22)24(30)20-14-8-9-15-21(20)26/h2-15,17,22,25H,16H2,1H3,(H,27,29). The molecule has 1 saturated heterocycles. The fourth-order valence-corrected chi connectivity index (χ4v) is 5.17. The third-order valence-corrected chi connectivity index (χ3v) is 6.71. The van der Waals surface area contributed by atoms with E-state index in [1.165, 1.54) is 28.8 Å². The number of amides is 2. The van der Waals surface area contributed by atoms with Crippen LogP contribution in [0.2, 0.25) is 0 Å². The number of thioether (sulfide) groups is 1. The van der Waals surface area contributed by atoms with Crippen molar-refractivity contribution in [3.63, 3.8) is 0 Å². The molecule has 158 valence electrons. The Bertz CT molecular complexity index is 1060. The second-order valence-electron chi connectivity index (χ2n) is 7.45. The topological polar surface area (TPSA) is 49.4 Å². The predicted molar refractivity (Wildman–Crippen MR) is 121 cm³/mol. The van der Waals surface area contributed by atoms with E-state index in [1.807, 2.05) is 67.6 Å². The monoisotopic (exact) mass is 434 g/mol. The molecule has 31 heavy (non-hydrogen) atoms. The molecule has 3 aromatic rings. The van der Waals surface area contributed by atoms with E-state index in [-0.39, 0.29) is 22.9 Å². The number of benzene rings is 3. The number of carbonyl (C=O) groups is 2. The minimum Gasteiger partial charge on any atom is -0.348 e. The Labute approximate surface area is 185 Å². The van der Waals surface area contributed by atoms with Crippen LogP contribution in [-0.4, -0.2) is 28.5 Å². The Morgan fingerprint density at radius 1 is 0.968 bits per heavy atom. The molecule has 3 aromatic carbocycles. The molecule has 4 rings (SSSR count). The van der Waals surface area contributed by atoms with Gasteiger partial charge in [0.25, 0.3) is 5.91 Å². The van der Waals surface area contributed by atoms with Crippen molar-refractivity contribution in [2.75, 3.05) is 5.75 Å². The summed E-state index contributed by atoms with van der Waals surface area (Å²) in [4.78, 5) is 28.2. The van der Waals surface area contributed by atoms with Crippen LogP contribution < -0.4 is 5.32 Å². The normalized spacial score (nSPS) is 19.1. The highest BCUT2D eigenvalue weighted by Gasteiger charge is 2.43. The Hall–Kier alpha value is -3.12. The van der Waals surface area contributed by atoms with Crippen LogP contribution in [0.25, 0.3) is 0 Å². The number of nitrogens with zero attached hydrogens (tertiary/aromatic N) is 1. The molecule has 0 saturated carbocycles. The van der Waals surface area contributed by atoms with E-state index in [1.54, 1.807) is 12.1 Å². The molecule has 0 bridgehead atoms. The second-order valence-corrected chi connectivity index (χ2v) is 8.56. The summed E-state index contributed by atoms with van der Waals surface area (Å²) >= 11 is 1.51. The molecule has 3 unspecified atom stereocenters. The number of nitrogens with one attached hydrogen (secondary N) is 1. The van der Waals surface area contributed by atoms with Gasteiger partial charge in [-0.25, -0.2) is 4.39 Å². The first-order valence-corrected chi connectivity index (χ1v) is 11.2. The van der Waals surface area contributed by atoms with Gasteiger partial charge in [0.05, 0.1) is 11.6 Å². The quantitative estimate of drug-likeness (QED) is 0.618. The highest BCUT2D eigenvalue weighted by Crippen LogP contribution is 2.42. The van der Waals surface area contributed by atoms with Crippen LogP contribution in [0.15, 0.2) is 84.9 Å². The fraction of sp³-hybridized carbons (Fsp3) is 0.200. The summed E-state index contributed by atoms with van der Waals surface area (Å²) in [6, 6.07) is 24.2. The minimum absolute atomic E-state index is 0.0279. The average Bonchev–Trinajstić information content (AvgIpc) is 3.25. The van der Waals surface area contributed by atoms with Crippen LogP contribution in [0, 0.1) is 5.82 Å². The van der Waals surface area contributed by atoms with E-state index >= 15 is 0 Å². The molecule has 2 amide bonds. The molecule has 1 heterocycles. The smallest absolute Gasteiger partial charge is 0.258 e. The van der Waals surface area contributed by atoms with E-state index < -0.39 is 17.8 Å². The Morgan fingerprint density at radius 2 is 1.58 bits per heavy atom. The van der Waals surface area contributed by atoms with Gasteiger partial charge in [-0.05, 0) is 30.2 Å². The summed E-state index contributed by atoms with van der Waals surface area (Å²) in [5, 5.41) is 2.66. The van der Waals surface area contributed by atoms with Gasteiger partial charge < -0.3 is 10.2 Å². The highest BCUT2D eigenvalue weighted by atomic mass is 32.2. The largest absolute Gasteiger partial charge is 0.348 e. The molecule has 3 atom stereocenters. The van der Waals surface area contributed by atoms with Crippen LogP contribution in [0.3, 0.4) is 0 Å². The maximum Gasteiger partial charge on any atom is 0.258 e. The zero-order chi connectivity index (χ0) is 21.8. The third kappa shape index (κ3) is 4.49. The van der Waals surface area contributed by atoms with Crippen LogP contribution in [-0.2, 0) is 4.79 Å². The Balaban J connectivity index is 1.63. The highest BCUT2D eigenvalue weighted by molar-refractivity contribution is 7.99. The summed E-state index contributed by atoms with van der Waals surface area (Å²) in [6.07, 6.45) is 0. The molecule has 6 heteroatoms. The van der Waals surface area contributed by atoms with Crippen LogP contribution in [0.4, 0.5) is 4.39 Å². The lowest BCUT2D eigenvalue weighted by molar-refractivity contribution is -0.125. The lowest BCUT2D eigenvalue weighted by atomic mass is 10.1. The fourth-order valence-electron chi connectivity index (χ4n) is 3.74. The van der Waals surface area contributed by atoms with Crippen LogP contribution in [0.5, 0.6) is 0 Å². The molecule has 0 aromatic heterocycles. The summed E-state index contributed by atoms with van der Waals surface area (Å²) in [7, 11) is 0. The number of carbonyl (C=O) groups excluding carboxylic acids is 2. The maximum atomic E-state index is 14.4. The average molecular weight is 435 g/mol. The molecule has 0 spiro atoms. The third-order valence-electron chi connectivity index (χ3n) is 5.38. The summed E-state index contributed by atoms with van der Waals surface area (Å²) in [6.45, 7) is 1.91. The number of hydrogen-bond donors (Lipinski definition) is 1. The van der Waals surface area contributed by atoms with Crippen molar-refractivity contribution < 1.29 is 14.0 Å². The predicted octanol–water partition coefficient (Wildman–Crippen LogP) is 4.96. The van der Waals surface area contributed by atoms with Gasteiger partial charge in [-0.3, -0.25) is 9.59 Å². The molecule has 1 fully saturated rings. The van der Waals surface area contributed by atoms with Gasteiger partial charge in [-0.2, -0.15) is 0 Å². The van der Waals surface area contributed by atoms with E-state index in [4.69, 9.17) is 0 Å². The Morgan fingerprint density at radius 3 is 2.26 bits per heavy atom. The number of halogens is 1. The molecular weight excluding hydrogens is 411 g/mol. The molecule has 0 aliphatic carbocycles. The molecule has 4 nitrogen and oxygen atoms in total. The zero-order valence-electron chi connectivity index (χ0n) is 17.1. The SMILES string of the molecule is CC(NC(=O)C1CSC(c2ccccc2)N1C(=O)c1ccccc1F)c1ccccc1. The van der Waals surface area contributed by atoms with Crippen molar-refractivity contribution in [1.29, 1.82) is 0 Å². The maximum absolute atomic E-state index is 14.4. The van der Waals surface area contributed by atoms with Gasteiger partial charge in [-0.1, -0.05) is 72.8 Å². The zero-order valence-corrected chi connectivity index (χ0v) is 17.9. The van der Waals surface area contributed by atoms with Gasteiger partial charge in [0.2, 0.25) is 5.91 Å². The number of hydrogen-bond acceptors (Lipinski definition) is 3. The van der Waals surface area contributed by atoms with Crippen molar-refractivity contribution in [2.45, 2.75) is 24.4 Å². The molecular formula is C25H23FN2O2S. The summed E-state index contributed by atoms with van der Waals surface area (Å²) in [5.41, 5.74) is 1.86. The van der Waals surface area contributed by atoms with Gasteiger partial charge in [0.15, 0.2) is 0 Å². The Kier molecular flexibility index (Phi) is 6.37. The van der Waals surface area contributed by atoms with E-state index in [9.17, 15) is 14.0 Å². The van der Waals surface area contributed by atoms with Gasteiger partial charge in [0.1, 0.15) is 17.2 Å². The van der Waals surface area contributed by atoms with E-state index in [0.717, 1.165) is 11.1 Å². The van der Waals surface area contributed by atoms with Gasteiger partial charge in [0, 0.05) is 5.75 Å². The van der Waals surface area contributed by atoms with Gasteiger partial charge >= 0.3 is 0 Å². The van der Waals surface area contributed by atoms with Crippen molar-refractivity contribution in [3.05, 3.63) is 107 Å². The van der Waals surface area contributed by atoms with Crippen LogP contribution in [0.1, 0.15) is 39.8 Å². The van der Waals surface area contributed by atoms with Crippen molar-refractivity contribution in [3.8, 4) is 0 Å².